The van der Waals surface area contributed by atoms with Gasteiger partial charge in [0.15, 0.2) is 0 Å². The maximum absolute atomic E-state index is 13.2. The monoisotopic (exact) mass is 457 g/mol. The predicted molar refractivity (Wildman–Crippen MR) is 120 cm³/mol. The van der Waals surface area contributed by atoms with Gasteiger partial charge in [0, 0.05) is 23.7 Å². The van der Waals surface area contributed by atoms with E-state index in [1.807, 2.05) is 5.38 Å². The first-order chi connectivity index (χ1) is 14.8. The van der Waals surface area contributed by atoms with Gasteiger partial charge in [-0.15, -0.1) is 11.3 Å². The summed E-state index contributed by atoms with van der Waals surface area (Å²) in [5.74, 6) is 0.124. The Morgan fingerprint density at radius 2 is 1.84 bits per heavy atom. The number of para-hydroxylation sites is 2. The topological polar surface area (TPSA) is 73.2 Å². The van der Waals surface area contributed by atoms with Crippen LogP contribution in [-0.2, 0) is 17.1 Å². The minimum Gasteiger partial charge on any atom is -0.495 e. The number of halogens is 1. The molecule has 0 saturated carbocycles. The number of methoxy groups -OCH3 is 1. The zero-order valence-corrected chi connectivity index (χ0v) is 18.7. The molecule has 4 rings (SSSR count). The molecule has 2 aromatic carbocycles. The Kier molecular flexibility index (Phi) is 5.55. The molecule has 4 aromatic rings. The lowest BCUT2D eigenvalue weighted by Gasteiger charge is -2.11. The summed E-state index contributed by atoms with van der Waals surface area (Å²) in [5.41, 5.74) is 3.12. The van der Waals surface area contributed by atoms with Crippen LogP contribution < -0.4 is 9.46 Å². The number of rotatable bonds is 6. The molecule has 0 spiro atoms. The van der Waals surface area contributed by atoms with Crippen molar-refractivity contribution in [3.8, 4) is 27.7 Å². The highest BCUT2D eigenvalue weighted by atomic mass is 32.2. The molecule has 9 heteroatoms. The van der Waals surface area contributed by atoms with Crippen LogP contribution in [0.1, 0.15) is 5.69 Å². The van der Waals surface area contributed by atoms with Crippen molar-refractivity contribution in [3.63, 3.8) is 0 Å². The standard InChI is InChI=1S/C22H20FN3O3S2/c1-14-21(31(27,28)25-17-6-4-5-7-20(17)29-3)12-19(26(14)2)22-24-18(13-30-22)15-8-10-16(23)11-9-15/h4-13,25H,1-3H3. The Morgan fingerprint density at radius 1 is 1.13 bits per heavy atom. The van der Waals surface area contributed by atoms with E-state index in [0.29, 0.717) is 33.5 Å². The van der Waals surface area contributed by atoms with Crippen LogP contribution in [-0.4, -0.2) is 25.1 Å². The van der Waals surface area contributed by atoms with E-state index in [1.54, 1.807) is 61.0 Å². The zero-order chi connectivity index (χ0) is 22.2. The van der Waals surface area contributed by atoms with E-state index in [4.69, 9.17) is 4.74 Å². The third kappa shape index (κ3) is 4.06. The minimum atomic E-state index is -3.85. The number of sulfonamides is 1. The van der Waals surface area contributed by atoms with E-state index in [0.717, 1.165) is 5.56 Å². The van der Waals surface area contributed by atoms with Gasteiger partial charge in [-0.2, -0.15) is 0 Å². The fourth-order valence-electron chi connectivity index (χ4n) is 3.22. The third-order valence-electron chi connectivity index (χ3n) is 4.99. The van der Waals surface area contributed by atoms with Crippen LogP contribution in [0.15, 0.2) is 64.9 Å². The predicted octanol–water partition coefficient (Wildman–Crippen LogP) is 5.07. The van der Waals surface area contributed by atoms with Crippen LogP contribution in [0.3, 0.4) is 0 Å². The molecule has 0 saturated heterocycles. The molecule has 0 aliphatic carbocycles. The molecule has 0 amide bonds. The van der Waals surface area contributed by atoms with Gasteiger partial charge in [-0.05, 0) is 49.4 Å². The molecular formula is C22H20FN3O3S2. The Morgan fingerprint density at radius 3 is 2.55 bits per heavy atom. The minimum absolute atomic E-state index is 0.162. The first-order valence-corrected chi connectivity index (χ1v) is 11.7. The van der Waals surface area contributed by atoms with E-state index in [-0.39, 0.29) is 10.7 Å². The summed E-state index contributed by atoms with van der Waals surface area (Å²) in [4.78, 5) is 4.79. The second-order valence-electron chi connectivity index (χ2n) is 6.89. The van der Waals surface area contributed by atoms with Gasteiger partial charge in [-0.1, -0.05) is 12.1 Å². The largest absolute Gasteiger partial charge is 0.495 e. The molecule has 2 aromatic heterocycles. The summed E-state index contributed by atoms with van der Waals surface area (Å²) in [6, 6.07) is 14.5. The fraction of sp³-hybridized carbons (Fsp3) is 0.136. The fourth-order valence-corrected chi connectivity index (χ4v) is 5.46. The van der Waals surface area contributed by atoms with Gasteiger partial charge in [-0.3, -0.25) is 4.72 Å². The first-order valence-electron chi connectivity index (χ1n) is 9.34. The quantitative estimate of drug-likeness (QED) is 0.439. The number of anilines is 1. The van der Waals surface area contributed by atoms with Gasteiger partial charge in [0.2, 0.25) is 0 Å². The average molecular weight is 458 g/mol. The van der Waals surface area contributed by atoms with Crippen LogP contribution in [0.2, 0.25) is 0 Å². The summed E-state index contributed by atoms with van der Waals surface area (Å²) in [6.07, 6.45) is 0. The highest BCUT2D eigenvalue weighted by Crippen LogP contribution is 2.34. The van der Waals surface area contributed by atoms with Crippen molar-refractivity contribution in [2.45, 2.75) is 11.8 Å². The molecule has 0 aliphatic rings. The Bertz CT molecular complexity index is 1340. The molecule has 1 N–H and O–H groups in total. The lowest BCUT2D eigenvalue weighted by atomic mass is 10.2. The van der Waals surface area contributed by atoms with Gasteiger partial charge < -0.3 is 9.30 Å². The van der Waals surface area contributed by atoms with Gasteiger partial charge >= 0.3 is 0 Å². The second-order valence-corrected chi connectivity index (χ2v) is 9.40. The zero-order valence-electron chi connectivity index (χ0n) is 17.1. The van der Waals surface area contributed by atoms with Crippen molar-refractivity contribution in [1.29, 1.82) is 0 Å². The van der Waals surface area contributed by atoms with Gasteiger partial charge in [0.1, 0.15) is 21.5 Å². The van der Waals surface area contributed by atoms with E-state index < -0.39 is 10.0 Å². The number of ether oxygens (including phenoxy) is 1. The summed E-state index contributed by atoms with van der Waals surface area (Å²) in [7, 11) is -0.568. The number of hydrogen-bond acceptors (Lipinski definition) is 5. The summed E-state index contributed by atoms with van der Waals surface area (Å²) < 4.78 is 49.1. The van der Waals surface area contributed by atoms with Gasteiger partial charge in [-0.25, -0.2) is 17.8 Å². The van der Waals surface area contributed by atoms with Crippen LogP contribution >= 0.6 is 11.3 Å². The lowest BCUT2D eigenvalue weighted by molar-refractivity contribution is 0.417. The van der Waals surface area contributed by atoms with Crippen molar-refractivity contribution < 1.29 is 17.5 Å². The Labute approximate surface area is 184 Å². The maximum atomic E-state index is 13.2. The van der Waals surface area contributed by atoms with E-state index in [1.165, 1.54) is 30.6 Å². The molecule has 0 fully saturated rings. The number of thiazole rings is 1. The van der Waals surface area contributed by atoms with Crippen molar-refractivity contribution in [2.75, 3.05) is 11.8 Å². The summed E-state index contributed by atoms with van der Waals surface area (Å²) in [6.45, 7) is 1.74. The molecular weight excluding hydrogens is 437 g/mol. The lowest BCUT2D eigenvalue weighted by Crippen LogP contribution is -2.14. The number of nitrogens with zero attached hydrogens (tertiary/aromatic N) is 2. The van der Waals surface area contributed by atoms with Crippen LogP contribution in [0.5, 0.6) is 5.75 Å². The molecule has 6 nitrogen and oxygen atoms in total. The van der Waals surface area contributed by atoms with E-state index in [9.17, 15) is 12.8 Å². The third-order valence-corrected chi connectivity index (χ3v) is 7.34. The maximum Gasteiger partial charge on any atom is 0.263 e. The van der Waals surface area contributed by atoms with Crippen molar-refractivity contribution >= 4 is 27.0 Å². The molecule has 0 atom stereocenters. The van der Waals surface area contributed by atoms with Crippen molar-refractivity contribution in [1.82, 2.24) is 9.55 Å². The van der Waals surface area contributed by atoms with Crippen molar-refractivity contribution in [3.05, 3.63) is 71.5 Å². The summed E-state index contributed by atoms with van der Waals surface area (Å²) in [5, 5.41) is 2.54. The molecule has 0 radical (unpaired) electrons. The molecule has 0 aliphatic heterocycles. The Hall–Kier alpha value is -3.17. The normalized spacial score (nSPS) is 11.5. The van der Waals surface area contributed by atoms with Crippen LogP contribution in [0.4, 0.5) is 10.1 Å². The number of hydrogen-bond donors (Lipinski definition) is 1. The molecule has 0 bridgehead atoms. The highest BCUT2D eigenvalue weighted by molar-refractivity contribution is 7.92. The van der Waals surface area contributed by atoms with Crippen LogP contribution in [0.25, 0.3) is 22.0 Å². The molecule has 160 valence electrons. The number of nitrogens with one attached hydrogen (secondary N) is 1. The van der Waals surface area contributed by atoms with E-state index in [2.05, 4.69) is 9.71 Å². The molecule has 2 heterocycles. The smallest absolute Gasteiger partial charge is 0.263 e. The molecule has 0 unspecified atom stereocenters. The van der Waals surface area contributed by atoms with E-state index >= 15 is 0 Å². The van der Waals surface area contributed by atoms with Gasteiger partial charge in [0.25, 0.3) is 10.0 Å². The van der Waals surface area contributed by atoms with Gasteiger partial charge in [0.05, 0.1) is 24.2 Å². The van der Waals surface area contributed by atoms with Crippen LogP contribution in [0, 0.1) is 12.7 Å². The second kappa shape index (κ2) is 8.16. The number of benzene rings is 2. The Balaban J connectivity index is 1.69. The van der Waals surface area contributed by atoms with Crippen molar-refractivity contribution in [2.24, 2.45) is 7.05 Å². The average Bonchev–Trinajstić information content (AvgIpc) is 3.34. The highest BCUT2D eigenvalue weighted by Gasteiger charge is 2.24. The first kappa shape index (κ1) is 21.1. The SMILES string of the molecule is COc1ccccc1NS(=O)(=O)c1cc(-c2nc(-c3ccc(F)cc3)cs2)n(C)c1C. The summed E-state index contributed by atoms with van der Waals surface area (Å²) >= 11 is 1.40. The molecule has 31 heavy (non-hydrogen) atoms. The number of aromatic nitrogens is 2.